The predicted molar refractivity (Wildman–Crippen MR) is 82.0 cm³/mol. The number of hydrogen-bond acceptors (Lipinski definition) is 4. The number of carbonyl (C=O) groups excluding carboxylic acids is 1. The second-order valence-electron chi connectivity index (χ2n) is 4.67. The smallest absolute Gasteiger partial charge is 0.224 e. The molecule has 0 unspecified atom stereocenters. The molecule has 2 aromatic rings. The molecular formula is C15H20N4O2. The van der Waals surface area contributed by atoms with Gasteiger partial charge in [-0.2, -0.15) is 5.10 Å². The quantitative estimate of drug-likeness (QED) is 0.726. The van der Waals surface area contributed by atoms with Gasteiger partial charge in [0, 0.05) is 36.1 Å². The maximum atomic E-state index is 11.4. The van der Waals surface area contributed by atoms with Gasteiger partial charge in [0.25, 0.3) is 0 Å². The molecule has 0 aliphatic rings. The van der Waals surface area contributed by atoms with Crippen LogP contribution < -0.4 is 10.6 Å². The first-order valence-corrected chi connectivity index (χ1v) is 6.97. The zero-order chi connectivity index (χ0) is 15.1. The highest BCUT2D eigenvalue weighted by Crippen LogP contribution is 2.16. The summed E-state index contributed by atoms with van der Waals surface area (Å²) in [4.78, 5) is 11.4. The van der Waals surface area contributed by atoms with Gasteiger partial charge in [-0.25, -0.2) is 0 Å². The van der Waals surface area contributed by atoms with E-state index >= 15 is 0 Å². The van der Waals surface area contributed by atoms with Gasteiger partial charge in [0.05, 0.1) is 19.3 Å². The first kappa shape index (κ1) is 15.1. The van der Waals surface area contributed by atoms with E-state index < -0.39 is 0 Å². The molecule has 1 amide bonds. The molecule has 112 valence electrons. The highest BCUT2D eigenvalue weighted by molar-refractivity contribution is 5.90. The molecule has 1 heterocycles. The molecule has 1 aromatic heterocycles. The fourth-order valence-electron chi connectivity index (χ4n) is 1.88. The van der Waals surface area contributed by atoms with Crippen LogP contribution in [0.1, 0.15) is 18.9 Å². The molecule has 0 aliphatic heterocycles. The third kappa shape index (κ3) is 4.61. The zero-order valence-electron chi connectivity index (χ0n) is 12.0. The summed E-state index contributed by atoms with van der Waals surface area (Å²) < 4.78 is 1.70. The van der Waals surface area contributed by atoms with Crippen LogP contribution in [0.3, 0.4) is 0 Å². The van der Waals surface area contributed by atoms with Crippen molar-refractivity contribution in [3.05, 3.63) is 42.2 Å². The molecule has 0 fully saturated rings. The lowest BCUT2D eigenvalue weighted by Gasteiger charge is -2.08. The molecule has 0 aliphatic carbocycles. The van der Waals surface area contributed by atoms with Crippen molar-refractivity contribution in [2.24, 2.45) is 0 Å². The van der Waals surface area contributed by atoms with Gasteiger partial charge < -0.3 is 15.7 Å². The highest BCUT2D eigenvalue weighted by Gasteiger charge is 2.01. The Morgan fingerprint density at radius 2 is 2.19 bits per heavy atom. The van der Waals surface area contributed by atoms with Crippen molar-refractivity contribution in [3.8, 4) is 0 Å². The van der Waals surface area contributed by atoms with Gasteiger partial charge >= 0.3 is 0 Å². The van der Waals surface area contributed by atoms with E-state index in [9.17, 15) is 4.79 Å². The number of nitrogens with zero attached hydrogens (tertiary/aromatic N) is 2. The van der Waals surface area contributed by atoms with Crippen LogP contribution in [-0.4, -0.2) is 27.4 Å². The van der Waals surface area contributed by atoms with Crippen LogP contribution in [0.2, 0.25) is 0 Å². The Morgan fingerprint density at radius 1 is 1.38 bits per heavy atom. The second-order valence-corrected chi connectivity index (χ2v) is 4.67. The lowest BCUT2D eigenvalue weighted by molar-refractivity contribution is -0.115. The Bertz CT molecular complexity index is 595. The predicted octanol–water partition coefficient (Wildman–Crippen LogP) is 1.84. The number of aromatic nitrogens is 2. The van der Waals surface area contributed by atoms with Crippen molar-refractivity contribution in [2.75, 3.05) is 17.2 Å². The van der Waals surface area contributed by atoms with Gasteiger partial charge in [-0.05, 0) is 18.2 Å². The van der Waals surface area contributed by atoms with Crippen molar-refractivity contribution in [1.29, 1.82) is 0 Å². The van der Waals surface area contributed by atoms with E-state index in [1.807, 2.05) is 37.4 Å². The minimum absolute atomic E-state index is 0.00238. The van der Waals surface area contributed by atoms with E-state index in [1.165, 1.54) is 0 Å². The summed E-state index contributed by atoms with van der Waals surface area (Å²) in [5.41, 5.74) is 2.74. The van der Waals surface area contributed by atoms with Gasteiger partial charge in [-0.3, -0.25) is 9.48 Å². The van der Waals surface area contributed by atoms with Crippen LogP contribution >= 0.6 is 0 Å². The average molecular weight is 288 g/mol. The van der Waals surface area contributed by atoms with Gasteiger partial charge in [-0.15, -0.1) is 0 Å². The fraction of sp³-hybridized carbons (Fsp3) is 0.333. The summed E-state index contributed by atoms with van der Waals surface area (Å²) in [7, 11) is 0. The Labute approximate surface area is 123 Å². The fourth-order valence-corrected chi connectivity index (χ4v) is 1.88. The Morgan fingerprint density at radius 3 is 2.95 bits per heavy atom. The van der Waals surface area contributed by atoms with E-state index in [0.717, 1.165) is 16.9 Å². The summed E-state index contributed by atoms with van der Waals surface area (Å²) >= 11 is 0. The lowest BCUT2D eigenvalue weighted by atomic mass is 10.2. The first-order chi connectivity index (χ1) is 10.2. The number of carbonyl (C=O) groups is 1. The molecule has 0 radical (unpaired) electrons. The van der Waals surface area contributed by atoms with Gasteiger partial charge in [0.1, 0.15) is 0 Å². The summed E-state index contributed by atoms with van der Waals surface area (Å²) in [6.45, 7) is 3.03. The molecule has 2 rings (SSSR count). The number of hydrogen-bond donors (Lipinski definition) is 3. The van der Waals surface area contributed by atoms with Crippen molar-refractivity contribution in [3.63, 3.8) is 0 Å². The van der Waals surface area contributed by atoms with E-state index in [2.05, 4.69) is 15.7 Å². The normalized spacial score (nSPS) is 10.4. The number of nitrogens with one attached hydrogen (secondary N) is 2. The van der Waals surface area contributed by atoms with Gasteiger partial charge in [0.15, 0.2) is 0 Å². The SMILES string of the molecule is CCC(=O)Nc1cccc(NCc2cnn(CCO)c2)c1. The minimum Gasteiger partial charge on any atom is -0.394 e. The van der Waals surface area contributed by atoms with Crippen LogP contribution in [0.15, 0.2) is 36.7 Å². The van der Waals surface area contributed by atoms with Gasteiger partial charge in [-0.1, -0.05) is 13.0 Å². The second kappa shape index (κ2) is 7.44. The molecular weight excluding hydrogens is 268 g/mol. The molecule has 0 saturated carbocycles. The number of anilines is 2. The summed E-state index contributed by atoms with van der Waals surface area (Å²) in [5, 5.41) is 19.1. The average Bonchev–Trinajstić information content (AvgIpc) is 2.93. The lowest BCUT2D eigenvalue weighted by Crippen LogP contribution is -2.09. The third-order valence-electron chi connectivity index (χ3n) is 2.98. The Kier molecular flexibility index (Phi) is 5.34. The topological polar surface area (TPSA) is 79.2 Å². The van der Waals surface area contributed by atoms with Crippen LogP contribution in [0.4, 0.5) is 11.4 Å². The van der Waals surface area contributed by atoms with Crippen LogP contribution in [0, 0.1) is 0 Å². The van der Waals surface area contributed by atoms with Crippen molar-refractivity contribution in [1.82, 2.24) is 9.78 Å². The van der Waals surface area contributed by atoms with Gasteiger partial charge in [0.2, 0.25) is 5.91 Å². The summed E-state index contributed by atoms with van der Waals surface area (Å²) in [6, 6.07) is 7.59. The van der Waals surface area contributed by atoms with Crippen molar-refractivity contribution < 1.29 is 9.90 Å². The maximum Gasteiger partial charge on any atom is 0.224 e. The summed E-state index contributed by atoms with van der Waals surface area (Å²) in [6.07, 6.45) is 4.12. The molecule has 6 nitrogen and oxygen atoms in total. The first-order valence-electron chi connectivity index (χ1n) is 6.97. The molecule has 0 spiro atoms. The molecule has 0 saturated heterocycles. The Balaban J connectivity index is 1.93. The summed E-state index contributed by atoms with van der Waals surface area (Å²) in [5.74, 6) is -0.00238. The maximum absolute atomic E-state index is 11.4. The molecule has 21 heavy (non-hydrogen) atoms. The molecule has 3 N–H and O–H groups in total. The van der Waals surface area contributed by atoms with E-state index in [4.69, 9.17) is 5.11 Å². The van der Waals surface area contributed by atoms with E-state index in [-0.39, 0.29) is 12.5 Å². The zero-order valence-corrected chi connectivity index (χ0v) is 12.0. The number of aliphatic hydroxyl groups excluding tert-OH is 1. The molecule has 6 heteroatoms. The standard InChI is InChI=1S/C15H20N4O2/c1-2-15(21)18-14-5-3-4-13(8-14)16-9-12-10-17-19(11-12)6-7-20/h3-5,8,10-11,16,20H,2,6-7,9H2,1H3,(H,18,21). The number of aliphatic hydroxyl groups is 1. The highest BCUT2D eigenvalue weighted by atomic mass is 16.3. The van der Waals surface area contributed by atoms with Crippen LogP contribution in [-0.2, 0) is 17.9 Å². The minimum atomic E-state index is -0.00238. The van der Waals surface area contributed by atoms with Crippen LogP contribution in [0.5, 0.6) is 0 Å². The largest absolute Gasteiger partial charge is 0.394 e. The molecule has 0 atom stereocenters. The monoisotopic (exact) mass is 288 g/mol. The number of amides is 1. The number of rotatable bonds is 7. The molecule has 1 aromatic carbocycles. The van der Waals surface area contributed by atoms with Crippen molar-refractivity contribution >= 4 is 17.3 Å². The van der Waals surface area contributed by atoms with E-state index in [1.54, 1.807) is 10.9 Å². The van der Waals surface area contributed by atoms with Crippen molar-refractivity contribution in [2.45, 2.75) is 26.4 Å². The third-order valence-corrected chi connectivity index (χ3v) is 2.98. The molecule has 0 bridgehead atoms. The van der Waals surface area contributed by atoms with E-state index in [0.29, 0.717) is 19.5 Å². The number of benzene rings is 1. The Hall–Kier alpha value is -2.34. The van der Waals surface area contributed by atoms with Crippen LogP contribution in [0.25, 0.3) is 0 Å².